The smallest absolute Gasteiger partial charge is 0.256 e. The van der Waals surface area contributed by atoms with Crippen molar-refractivity contribution >= 4 is 6.29 Å². The van der Waals surface area contributed by atoms with E-state index in [0.29, 0.717) is 6.29 Å². The van der Waals surface area contributed by atoms with Crippen molar-refractivity contribution in [2.24, 2.45) is 0 Å². The molecule has 0 aromatic carbocycles. The molecule has 1 aromatic heterocycles. The molecule has 0 aliphatic heterocycles. The monoisotopic (exact) mass is 160 g/mol. The Hall–Kier alpha value is -1.26. The zero-order valence-corrected chi connectivity index (χ0v) is 5.58. The highest BCUT2D eigenvalue weighted by Gasteiger charge is 2.06. The Morgan fingerprint density at radius 2 is 2.45 bits per heavy atom. The van der Waals surface area contributed by atoms with Crippen LogP contribution in [0.1, 0.15) is 10.5 Å². The minimum absolute atomic E-state index is 0.172. The second-order valence-electron chi connectivity index (χ2n) is 1.98. The van der Waals surface area contributed by atoms with Crippen LogP contribution >= 0.6 is 0 Å². The Morgan fingerprint density at radius 1 is 1.73 bits per heavy atom. The fraction of sp³-hybridized carbons (Fsp3) is 0.333. The molecule has 0 radical (unpaired) electrons. The second kappa shape index (κ2) is 3.23. The van der Waals surface area contributed by atoms with Gasteiger partial charge in [0.2, 0.25) is 0 Å². The minimum Gasteiger partial charge on any atom is -0.323 e. The molecule has 1 heterocycles. The van der Waals surface area contributed by atoms with Crippen molar-refractivity contribution in [3.05, 3.63) is 18.2 Å². The predicted molar refractivity (Wildman–Crippen MR) is 33.6 cm³/mol. The molecule has 0 spiro atoms. The zero-order valence-electron chi connectivity index (χ0n) is 5.58. The fourth-order valence-corrected chi connectivity index (χ4v) is 0.730. The van der Waals surface area contributed by atoms with Gasteiger partial charge in [0.1, 0.15) is 5.69 Å². The van der Waals surface area contributed by atoms with E-state index in [-0.39, 0.29) is 5.69 Å². The van der Waals surface area contributed by atoms with Gasteiger partial charge in [-0.1, -0.05) is 0 Å². The van der Waals surface area contributed by atoms with Gasteiger partial charge in [0.05, 0.1) is 19.1 Å². The van der Waals surface area contributed by atoms with Crippen LogP contribution in [0.25, 0.3) is 0 Å². The minimum atomic E-state index is -2.46. The molecular weight excluding hydrogens is 154 g/mol. The summed E-state index contributed by atoms with van der Waals surface area (Å²) in [5.41, 5.74) is 0.172. The molecule has 0 unspecified atom stereocenters. The fourth-order valence-electron chi connectivity index (χ4n) is 0.730. The number of nitrogens with zero attached hydrogens (tertiary/aromatic N) is 2. The summed E-state index contributed by atoms with van der Waals surface area (Å²) in [6.45, 7) is -0.478. The van der Waals surface area contributed by atoms with Crippen molar-refractivity contribution in [1.82, 2.24) is 9.55 Å². The standard InChI is InChI=1S/C6H6F2N2O/c7-6(8)2-10-4-9-1-5(10)3-11/h1,3-4,6H,2H2. The maximum Gasteiger partial charge on any atom is 0.256 e. The summed E-state index contributed by atoms with van der Waals surface area (Å²) in [5, 5.41) is 0. The van der Waals surface area contributed by atoms with Crippen LogP contribution in [0, 0.1) is 0 Å². The van der Waals surface area contributed by atoms with E-state index >= 15 is 0 Å². The Morgan fingerprint density at radius 3 is 3.00 bits per heavy atom. The van der Waals surface area contributed by atoms with E-state index < -0.39 is 13.0 Å². The van der Waals surface area contributed by atoms with Crippen molar-refractivity contribution in [2.75, 3.05) is 0 Å². The normalized spacial score (nSPS) is 10.5. The van der Waals surface area contributed by atoms with Crippen LogP contribution in [-0.2, 0) is 6.54 Å². The third-order valence-corrected chi connectivity index (χ3v) is 1.20. The van der Waals surface area contributed by atoms with Crippen LogP contribution in [-0.4, -0.2) is 22.3 Å². The molecule has 5 heteroatoms. The topological polar surface area (TPSA) is 34.9 Å². The van der Waals surface area contributed by atoms with Crippen molar-refractivity contribution in [3.63, 3.8) is 0 Å². The van der Waals surface area contributed by atoms with E-state index in [1.807, 2.05) is 0 Å². The van der Waals surface area contributed by atoms with Crippen molar-refractivity contribution in [1.29, 1.82) is 0 Å². The lowest BCUT2D eigenvalue weighted by molar-refractivity contribution is 0.109. The van der Waals surface area contributed by atoms with Crippen molar-refractivity contribution < 1.29 is 13.6 Å². The quantitative estimate of drug-likeness (QED) is 0.617. The van der Waals surface area contributed by atoms with Crippen LogP contribution in [0.2, 0.25) is 0 Å². The van der Waals surface area contributed by atoms with Gasteiger partial charge in [-0.2, -0.15) is 0 Å². The van der Waals surface area contributed by atoms with Gasteiger partial charge in [-0.15, -0.1) is 0 Å². The molecule has 60 valence electrons. The molecule has 11 heavy (non-hydrogen) atoms. The van der Waals surface area contributed by atoms with Crippen LogP contribution < -0.4 is 0 Å². The molecule has 0 amide bonds. The molecule has 0 saturated carbocycles. The van der Waals surface area contributed by atoms with Crippen molar-refractivity contribution in [2.45, 2.75) is 13.0 Å². The number of rotatable bonds is 3. The van der Waals surface area contributed by atoms with E-state index in [0.717, 1.165) is 4.57 Å². The van der Waals surface area contributed by atoms with Crippen LogP contribution in [0.4, 0.5) is 8.78 Å². The first-order valence-corrected chi connectivity index (χ1v) is 2.97. The number of hydrogen-bond donors (Lipinski definition) is 0. The maximum atomic E-state index is 11.7. The third kappa shape index (κ3) is 1.83. The van der Waals surface area contributed by atoms with E-state index in [9.17, 15) is 13.6 Å². The van der Waals surface area contributed by atoms with E-state index in [1.54, 1.807) is 0 Å². The highest BCUT2D eigenvalue weighted by atomic mass is 19.3. The maximum absolute atomic E-state index is 11.7. The summed E-state index contributed by atoms with van der Waals surface area (Å²) in [6, 6.07) is 0. The molecule has 3 nitrogen and oxygen atoms in total. The molecule has 0 aliphatic carbocycles. The lowest BCUT2D eigenvalue weighted by atomic mass is 10.5. The molecule has 1 aromatic rings. The molecule has 0 atom stereocenters. The summed E-state index contributed by atoms with van der Waals surface area (Å²) < 4.78 is 24.6. The van der Waals surface area contributed by atoms with Crippen LogP contribution in [0.5, 0.6) is 0 Å². The Kier molecular flexibility index (Phi) is 2.30. The van der Waals surface area contributed by atoms with E-state index in [4.69, 9.17) is 0 Å². The Balaban J connectivity index is 2.76. The van der Waals surface area contributed by atoms with E-state index in [1.165, 1.54) is 12.5 Å². The highest BCUT2D eigenvalue weighted by molar-refractivity contribution is 5.71. The molecule has 1 rings (SSSR count). The van der Waals surface area contributed by atoms with Gasteiger partial charge in [-0.05, 0) is 0 Å². The number of imidazole rings is 1. The third-order valence-electron chi connectivity index (χ3n) is 1.20. The first-order valence-electron chi connectivity index (χ1n) is 2.97. The average Bonchev–Trinajstić information content (AvgIpc) is 2.34. The lowest BCUT2D eigenvalue weighted by Crippen LogP contribution is -2.07. The number of alkyl halides is 2. The Labute approximate surface area is 61.7 Å². The van der Waals surface area contributed by atoms with Gasteiger partial charge in [0.25, 0.3) is 6.43 Å². The first-order chi connectivity index (χ1) is 5.24. The first kappa shape index (κ1) is 7.84. The predicted octanol–water partition coefficient (Wildman–Crippen LogP) is 0.961. The number of aldehydes is 1. The van der Waals surface area contributed by atoms with Gasteiger partial charge in [-0.25, -0.2) is 13.8 Å². The van der Waals surface area contributed by atoms with Gasteiger partial charge in [0, 0.05) is 0 Å². The number of carbonyl (C=O) groups excluding carboxylic acids is 1. The van der Waals surface area contributed by atoms with Crippen molar-refractivity contribution in [3.8, 4) is 0 Å². The molecule has 0 saturated heterocycles. The van der Waals surface area contributed by atoms with Crippen LogP contribution in [0.3, 0.4) is 0 Å². The number of aromatic nitrogens is 2. The van der Waals surface area contributed by atoms with Gasteiger partial charge in [0.15, 0.2) is 6.29 Å². The Bertz CT molecular complexity index is 246. The SMILES string of the molecule is O=Cc1cncn1CC(F)F. The number of hydrogen-bond acceptors (Lipinski definition) is 2. The van der Waals surface area contributed by atoms with Gasteiger partial charge < -0.3 is 4.57 Å². The van der Waals surface area contributed by atoms with Crippen LogP contribution in [0.15, 0.2) is 12.5 Å². The number of carbonyl (C=O) groups is 1. The molecule has 0 bridgehead atoms. The number of halogens is 2. The zero-order chi connectivity index (χ0) is 8.27. The summed E-state index contributed by atoms with van der Waals surface area (Å²) in [7, 11) is 0. The largest absolute Gasteiger partial charge is 0.323 e. The second-order valence-corrected chi connectivity index (χ2v) is 1.98. The highest BCUT2D eigenvalue weighted by Crippen LogP contribution is 2.01. The van der Waals surface area contributed by atoms with Gasteiger partial charge in [-0.3, -0.25) is 4.79 Å². The average molecular weight is 160 g/mol. The molecule has 0 aliphatic rings. The summed E-state index contributed by atoms with van der Waals surface area (Å²) >= 11 is 0. The lowest BCUT2D eigenvalue weighted by Gasteiger charge is -2.00. The molecule has 0 N–H and O–H groups in total. The van der Waals surface area contributed by atoms with E-state index in [2.05, 4.69) is 4.98 Å². The summed E-state index contributed by atoms with van der Waals surface area (Å²) in [4.78, 5) is 13.7. The summed E-state index contributed by atoms with van der Waals surface area (Å²) in [6.07, 6.45) is 0.489. The molecular formula is C6H6F2N2O. The van der Waals surface area contributed by atoms with Gasteiger partial charge >= 0.3 is 0 Å². The summed E-state index contributed by atoms with van der Waals surface area (Å²) in [5.74, 6) is 0. The molecule has 0 fully saturated rings.